The number of ether oxygens (including phenoxy) is 1. The number of thiophene rings is 1. The highest BCUT2D eigenvalue weighted by Gasteiger charge is 2.20. The van der Waals surface area contributed by atoms with E-state index in [1.165, 1.54) is 16.2 Å². The summed E-state index contributed by atoms with van der Waals surface area (Å²) in [7, 11) is 3.38. The average molecular weight is 375 g/mol. The molecular formula is C20H26N2O3S. The van der Waals surface area contributed by atoms with E-state index in [-0.39, 0.29) is 24.5 Å². The number of carbonyl (C=O) groups excluding carboxylic acids is 2. The molecule has 0 radical (unpaired) electrons. The molecule has 1 aromatic heterocycles. The van der Waals surface area contributed by atoms with Crippen LogP contribution in [0.2, 0.25) is 0 Å². The van der Waals surface area contributed by atoms with Gasteiger partial charge >= 0.3 is 0 Å². The first-order valence-corrected chi connectivity index (χ1v) is 9.44. The second kappa shape index (κ2) is 8.85. The fraction of sp³-hybridized carbons (Fsp3) is 0.400. The Morgan fingerprint density at radius 1 is 1.23 bits per heavy atom. The summed E-state index contributed by atoms with van der Waals surface area (Å²) in [5.74, 6) is 0.423. The van der Waals surface area contributed by atoms with E-state index < -0.39 is 0 Å². The van der Waals surface area contributed by atoms with Crippen molar-refractivity contribution in [1.29, 1.82) is 0 Å². The van der Waals surface area contributed by atoms with E-state index in [0.717, 1.165) is 22.4 Å². The number of rotatable bonds is 7. The van der Waals surface area contributed by atoms with Gasteiger partial charge in [-0.2, -0.15) is 0 Å². The molecule has 0 aliphatic rings. The molecule has 0 bridgehead atoms. The predicted octanol–water partition coefficient (Wildman–Crippen LogP) is 3.71. The third-order valence-electron chi connectivity index (χ3n) is 4.25. The second-order valence-electron chi connectivity index (χ2n) is 6.40. The lowest BCUT2D eigenvalue weighted by molar-refractivity contribution is -0.130. The SMILES string of the molecule is CCC(NC(=O)c1cc(C)c(C)s1)c1ccccc1OCC(=O)N(C)C. The van der Waals surface area contributed by atoms with E-state index in [9.17, 15) is 9.59 Å². The van der Waals surface area contributed by atoms with Crippen molar-refractivity contribution in [2.45, 2.75) is 33.2 Å². The van der Waals surface area contributed by atoms with Gasteiger partial charge < -0.3 is 15.0 Å². The van der Waals surface area contributed by atoms with Crippen LogP contribution < -0.4 is 10.1 Å². The molecule has 0 aliphatic heterocycles. The normalized spacial score (nSPS) is 11.7. The Hall–Kier alpha value is -2.34. The van der Waals surface area contributed by atoms with Crippen molar-refractivity contribution < 1.29 is 14.3 Å². The zero-order chi connectivity index (χ0) is 19.3. The Morgan fingerprint density at radius 3 is 2.50 bits per heavy atom. The van der Waals surface area contributed by atoms with Crippen LogP contribution in [0.5, 0.6) is 5.75 Å². The van der Waals surface area contributed by atoms with Crippen molar-refractivity contribution >= 4 is 23.2 Å². The van der Waals surface area contributed by atoms with Gasteiger partial charge in [0, 0.05) is 24.5 Å². The molecule has 1 aromatic carbocycles. The van der Waals surface area contributed by atoms with Gasteiger partial charge in [-0.05, 0) is 38.0 Å². The molecule has 2 rings (SSSR count). The molecule has 2 aromatic rings. The number of nitrogens with one attached hydrogen (secondary N) is 1. The molecule has 5 nitrogen and oxygen atoms in total. The fourth-order valence-electron chi connectivity index (χ4n) is 2.48. The number of hydrogen-bond donors (Lipinski definition) is 1. The second-order valence-corrected chi connectivity index (χ2v) is 7.66. The van der Waals surface area contributed by atoms with Crippen LogP contribution >= 0.6 is 11.3 Å². The molecule has 140 valence electrons. The maximum atomic E-state index is 12.6. The first-order chi connectivity index (χ1) is 12.3. The molecule has 1 N–H and O–H groups in total. The molecule has 0 saturated carbocycles. The smallest absolute Gasteiger partial charge is 0.261 e. The molecule has 2 amide bonds. The highest BCUT2D eigenvalue weighted by molar-refractivity contribution is 7.14. The van der Waals surface area contributed by atoms with Gasteiger partial charge in [-0.1, -0.05) is 25.1 Å². The molecule has 0 saturated heterocycles. The summed E-state index contributed by atoms with van der Waals surface area (Å²) < 4.78 is 5.71. The lowest BCUT2D eigenvalue weighted by Gasteiger charge is -2.21. The molecule has 0 spiro atoms. The van der Waals surface area contributed by atoms with E-state index in [1.807, 2.05) is 51.1 Å². The monoisotopic (exact) mass is 374 g/mol. The molecule has 0 fully saturated rings. The number of nitrogens with zero attached hydrogens (tertiary/aromatic N) is 1. The summed E-state index contributed by atoms with van der Waals surface area (Å²) in [5, 5.41) is 3.09. The van der Waals surface area contributed by atoms with Crippen LogP contribution in [0.4, 0.5) is 0 Å². The number of carbonyl (C=O) groups is 2. The zero-order valence-electron chi connectivity index (χ0n) is 16.0. The Balaban J connectivity index is 2.16. The predicted molar refractivity (Wildman–Crippen MR) is 105 cm³/mol. The molecule has 26 heavy (non-hydrogen) atoms. The summed E-state index contributed by atoms with van der Waals surface area (Å²) in [6, 6.07) is 9.25. The van der Waals surface area contributed by atoms with E-state index in [4.69, 9.17) is 4.74 Å². The van der Waals surface area contributed by atoms with E-state index in [1.54, 1.807) is 14.1 Å². The van der Waals surface area contributed by atoms with Crippen LogP contribution in [0, 0.1) is 13.8 Å². The van der Waals surface area contributed by atoms with Gasteiger partial charge in [-0.25, -0.2) is 0 Å². The minimum absolute atomic E-state index is 0.0301. The van der Waals surface area contributed by atoms with Gasteiger partial charge in [0.25, 0.3) is 11.8 Å². The van der Waals surface area contributed by atoms with Crippen LogP contribution in [0.1, 0.15) is 45.1 Å². The lowest BCUT2D eigenvalue weighted by Crippen LogP contribution is -2.29. The summed E-state index contributed by atoms with van der Waals surface area (Å²) in [6.45, 7) is 6.00. The summed E-state index contributed by atoms with van der Waals surface area (Å²) >= 11 is 1.50. The topological polar surface area (TPSA) is 58.6 Å². The van der Waals surface area contributed by atoms with Crippen molar-refractivity contribution in [3.8, 4) is 5.75 Å². The van der Waals surface area contributed by atoms with Crippen molar-refractivity contribution in [3.63, 3.8) is 0 Å². The third-order valence-corrected chi connectivity index (χ3v) is 5.40. The maximum absolute atomic E-state index is 12.6. The minimum Gasteiger partial charge on any atom is -0.483 e. The number of amides is 2. The Morgan fingerprint density at radius 2 is 1.92 bits per heavy atom. The van der Waals surface area contributed by atoms with Crippen molar-refractivity contribution in [2.24, 2.45) is 0 Å². The lowest BCUT2D eigenvalue weighted by atomic mass is 10.0. The summed E-state index contributed by atoms with van der Waals surface area (Å²) in [4.78, 5) is 27.8. The van der Waals surface area contributed by atoms with Crippen molar-refractivity contribution in [3.05, 3.63) is 51.2 Å². The summed E-state index contributed by atoms with van der Waals surface area (Å²) in [5.41, 5.74) is 2.00. The van der Waals surface area contributed by atoms with Gasteiger partial charge in [0.15, 0.2) is 6.61 Å². The minimum atomic E-state index is -0.184. The largest absolute Gasteiger partial charge is 0.483 e. The van der Waals surface area contributed by atoms with Gasteiger partial charge in [-0.15, -0.1) is 11.3 Å². The van der Waals surface area contributed by atoms with Crippen LogP contribution in [-0.4, -0.2) is 37.4 Å². The molecule has 6 heteroatoms. The molecule has 0 aliphatic carbocycles. The number of hydrogen-bond acceptors (Lipinski definition) is 4. The fourth-order valence-corrected chi connectivity index (χ4v) is 3.42. The van der Waals surface area contributed by atoms with Crippen LogP contribution in [0.3, 0.4) is 0 Å². The zero-order valence-corrected chi connectivity index (χ0v) is 16.8. The number of benzene rings is 1. The van der Waals surface area contributed by atoms with Gasteiger partial charge in [0.1, 0.15) is 5.75 Å². The van der Waals surface area contributed by atoms with E-state index in [0.29, 0.717) is 10.6 Å². The van der Waals surface area contributed by atoms with E-state index >= 15 is 0 Å². The van der Waals surface area contributed by atoms with Crippen LogP contribution in [0.15, 0.2) is 30.3 Å². The Kier molecular flexibility index (Phi) is 6.80. The van der Waals surface area contributed by atoms with Crippen molar-refractivity contribution in [2.75, 3.05) is 20.7 Å². The number of likely N-dealkylation sites (N-methyl/N-ethyl adjacent to an activating group) is 1. The average Bonchev–Trinajstić information content (AvgIpc) is 2.96. The highest BCUT2D eigenvalue weighted by atomic mass is 32.1. The van der Waals surface area contributed by atoms with E-state index in [2.05, 4.69) is 5.32 Å². The highest BCUT2D eigenvalue weighted by Crippen LogP contribution is 2.28. The van der Waals surface area contributed by atoms with Gasteiger partial charge in [0.05, 0.1) is 10.9 Å². The first kappa shape index (κ1) is 20.0. The number of aryl methyl sites for hydroxylation is 2. The maximum Gasteiger partial charge on any atom is 0.261 e. The van der Waals surface area contributed by atoms with Crippen molar-refractivity contribution in [1.82, 2.24) is 10.2 Å². The summed E-state index contributed by atoms with van der Waals surface area (Å²) in [6.07, 6.45) is 0.719. The molecular weight excluding hydrogens is 348 g/mol. The Labute approximate surface area is 159 Å². The molecule has 1 heterocycles. The molecule has 1 unspecified atom stereocenters. The molecule has 1 atom stereocenters. The van der Waals surface area contributed by atoms with Gasteiger partial charge in [0.2, 0.25) is 0 Å². The van der Waals surface area contributed by atoms with Crippen LogP contribution in [-0.2, 0) is 4.79 Å². The number of para-hydroxylation sites is 1. The Bertz CT molecular complexity index is 764. The van der Waals surface area contributed by atoms with Crippen LogP contribution in [0.25, 0.3) is 0 Å². The standard InChI is InChI=1S/C20H26N2O3S/c1-6-16(21-20(24)18-11-13(2)14(3)26-18)15-9-7-8-10-17(15)25-12-19(23)22(4)5/h7-11,16H,6,12H2,1-5H3,(H,21,24). The first-order valence-electron chi connectivity index (χ1n) is 8.63. The quantitative estimate of drug-likeness (QED) is 0.804. The van der Waals surface area contributed by atoms with Gasteiger partial charge in [-0.3, -0.25) is 9.59 Å². The third kappa shape index (κ3) is 4.85.